The van der Waals surface area contributed by atoms with Crippen molar-refractivity contribution in [3.63, 3.8) is 0 Å². The van der Waals surface area contributed by atoms with Gasteiger partial charge in [-0.1, -0.05) is 36.4 Å². The normalized spacial score (nSPS) is 12.5. The molecule has 0 saturated carbocycles. The first-order valence-corrected chi connectivity index (χ1v) is 3.76. The minimum Gasteiger partial charge on any atom is -0.330 e. The standard InChI is InChI=1S/C10H13N/c1-2-9(8-11)10-6-4-3-5-7-10/h2-7,9H,1,8,11H2/t9-/m0/s1. The highest BCUT2D eigenvalue weighted by molar-refractivity contribution is 5.23. The largest absolute Gasteiger partial charge is 0.330 e. The summed E-state index contributed by atoms with van der Waals surface area (Å²) in [7, 11) is 0. The second-order valence-electron chi connectivity index (χ2n) is 2.49. The van der Waals surface area contributed by atoms with Gasteiger partial charge in [-0.05, 0) is 5.56 Å². The van der Waals surface area contributed by atoms with Gasteiger partial charge in [0.2, 0.25) is 0 Å². The molecule has 0 aliphatic rings. The highest BCUT2D eigenvalue weighted by atomic mass is 14.5. The molecule has 1 atom stereocenters. The van der Waals surface area contributed by atoms with E-state index in [2.05, 4.69) is 18.7 Å². The Morgan fingerprint density at radius 3 is 2.45 bits per heavy atom. The lowest BCUT2D eigenvalue weighted by molar-refractivity contribution is 0.851. The number of nitrogens with two attached hydrogens (primary N) is 1. The fourth-order valence-electron chi connectivity index (χ4n) is 1.07. The fraction of sp³-hybridized carbons (Fsp3) is 0.200. The summed E-state index contributed by atoms with van der Waals surface area (Å²) in [6, 6.07) is 10.2. The molecule has 11 heavy (non-hydrogen) atoms. The number of benzene rings is 1. The highest BCUT2D eigenvalue weighted by Crippen LogP contribution is 2.13. The molecule has 0 bridgehead atoms. The van der Waals surface area contributed by atoms with Gasteiger partial charge in [0.05, 0.1) is 0 Å². The molecule has 58 valence electrons. The average molecular weight is 147 g/mol. The molecule has 1 heteroatoms. The lowest BCUT2D eigenvalue weighted by atomic mass is 10.00. The summed E-state index contributed by atoms with van der Waals surface area (Å²) >= 11 is 0. The van der Waals surface area contributed by atoms with Crippen molar-refractivity contribution in [3.8, 4) is 0 Å². The molecule has 0 aliphatic carbocycles. The van der Waals surface area contributed by atoms with E-state index in [4.69, 9.17) is 5.73 Å². The van der Waals surface area contributed by atoms with Crippen molar-refractivity contribution in [1.29, 1.82) is 0 Å². The first-order valence-electron chi connectivity index (χ1n) is 3.76. The topological polar surface area (TPSA) is 26.0 Å². The molecule has 1 aromatic carbocycles. The Hall–Kier alpha value is -1.08. The van der Waals surface area contributed by atoms with Crippen LogP contribution in [-0.4, -0.2) is 6.54 Å². The Morgan fingerprint density at radius 2 is 2.00 bits per heavy atom. The summed E-state index contributed by atoms with van der Waals surface area (Å²) in [5.74, 6) is 0.302. The summed E-state index contributed by atoms with van der Waals surface area (Å²) in [6.45, 7) is 4.36. The second kappa shape index (κ2) is 3.94. The van der Waals surface area contributed by atoms with E-state index in [0.717, 1.165) is 0 Å². The molecule has 0 radical (unpaired) electrons. The fourth-order valence-corrected chi connectivity index (χ4v) is 1.07. The highest BCUT2D eigenvalue weighted by Gasteiger charge is 2.01. The third-order valence-corrected chi connectivity index (χ3v) is 1.77. The monoisotopic (exact) mass is 147 g/mol. The second-order valence-corrected chi connectivity index (χ2v) is 2.49. The van der Waals surface area contributed by atoms with Gasteiger partial charge in [-0.15, -0.1) is 6.58 Å². The van der Waals surface area contributed by atoms with Gasteiger partial charge in [-0.25, -0.2) is 0 Å². The van der Waals surface area contributed by atoms with E-state index in [9.17, 15) is 0 Å². The van der Waals surface area contributed by atoms with Crippen LogP contribution in [0, 0.1) is 0 Å². The van der Waals surface area contributed by atoms with E-state index in [-0.39, 0.29) is 0 Å². The van der Waals surface area contributed by atoms with Crippen LogP contribution in [0.2, 0.25) is 0 Å². The maximum atomic E-state index is 5.54. The minimum absolute atomic E-state index is 0.302. The summed E-state index contributed by atoms with van der Waals surface area (Å²) in [6.07, 6.45) is 1.88. The van der Waals surface area contributed by atoms with E-state index in [0.29, 0.717) is 12.5 Å². The van der Waals surface area contributed by atoms with Gasteiger partial charge in [0.1, 0.15) is 0 Å². The summed E-state index contributed by atoms with van der Waals surface area (Å²) in [4.78, 5) is 0. The lowest BCUT2D eigenvalue weighted by Gasteiger charge is -2.08. The van der Waals surface area contributed by atoms with Gasteiger partial charge in [0.25, 0.3) is 0 Å². The Labute approximate surface area is 67.5 Å². The van der Waals surface area contributed by atoms with Crippen LogP contribution in [0.3, 0.4) is 0 Å². The van der Waals surface area contributed by atoms with E-state index < -0.39 is 0 Å². The van der Waals surface area contributed by atoms with Gasteiger partial charge in [-0.3, -0.25) is 0 Å². The van der Waals surface area contributed by atoms with Crippen molar-refractivity contribution in [2.45, 2.75) is 5.92 Å². The van der Waals surface area contributed by atoms with Crippen LogP contribution in [0.25, 0.3) is 0 Å². The van der Waals surface area contributed by atoms with E-state index in [1.807, 2.05) is 24.3 Å². The molecule has 0 fully saturated rings. The van der Waals surface area contributed by atoms with Crippen LogP contribution in [-0.2, 0) is 0 Å². The lowest BCUT2D eigenvalue weighted by Crippen LogP contribution is -2.09. The van der Waals surface area contributed by atoms with E-state index in [1.165, 1.54) is 5.56 Å². The first kappa shape index (κ1) is 8.02. The molecular formula is C10H13N. The zero-order chi connectivity index (χ0) is 8.10. The minimum atomic E-state index is 0.302. The third-order valence-electron chi connectivity index (χ3n) is 1.77. The van der Waals surface area contributed by atoms with Crippen molar-refractivity contribution >= 4 is 0 Å². The molecule has 1 rings (SSSR count). The SMILES string of the molecule is C=C[C@@H](CN)c1ccccc1. The third kappa shape index (κ3) is 1.92. The Morgan fingerprint density at radius 1 is 1.36 bits per heavy atom. The quantitative estimate of drug-likeness (QED) is 0.649. The summed E-state index contributed by atoms with van der Waals surface area (Å²) in [5.41, 5.74) is 6.78. The van der Waals surface area contributed by atoms with Crippen molar-refractivity contribution in [2.24, 2.45) is 5.73 Å². The van der Waals surface area contributed by atoms with Crippen molar-refractivity contribution in [2.75, 3.05) is 6.54 Å². The predicted octanol–water partition coefficient (Wildman–Crippen LogP) is 1.91. The van der Waals surface area contributed by atoms with Crippen LogP contribution in [0.5, 0.6) is 0 Å². The van der Waals surface area contributed by atoms with E-state index >= 15 is 0 Å². The molecule has 1 nitrogen and oxygen atoms in total. The van der Waals surface area contributed by atoms with Crippen LogP contribution in [0.15, 0.2) is 43.0 Å². The van der Waals surface area contributed by atoms with Crippen molar-refractivity contribution < 1.29 is 0 Å². The molecular weight excluding hydrogens is 134 g/mol. The van der Waals surface area contributed by atoms with Gasteiger partial charge >= 0.3 is 0 Å². The van der Waals surface area contributed by atoms with Gasteiger partial charge in [0.15, 0.2) is 0 Å². The van der Waals surface area contributed by atoms with Crippen molar-refractivity contribution in [1.82, 2.24) is 0 Å². The molecule has 0 spiro atoms. The maximum absolute atomic E-state index is 5.54. The molecule has 0 aliphatic heterocycles. The maximum Gasteiger partial charge on any atom is 0.0138 e. The molecule has 1 aromatic rings. The van der Waals surface area contributed by atoms with Gasteiger partial charge in [-0.2, -0.15) is 0 Å². The molecule has 0 heterocycles. The van der Waals surface area contributed by atoms with Crippen LogP contribution >= 0.6 is 0 Å². The summed E-state index contributed by atoms with van der Waals surface area (Å²) in [5, 5.41) is 0. The van der Waals surface area contributed by atoms with Crippen molar-refractivity contribution in [3.05, 3.63) is 48.6 Å². The number of rotatable bonds is 3. The molecule has 0 aromatic heterocycles. The summed E-state index contributed by atoms with van der Waals surface area (Å²) < 4.78 is 0. The first-order chi connectivity index (χ1) is 5.38. The molecule has 0 amide bonds. The number of hydrogen-bond acceptors (Lipinski definition) is 1. The molecule has 2 N–H and O–H groups in total. The van der Waals surface area contributed by atoms with Crippen LogP contribution < -0.4 is 5.73 Å². The molecule has 0 unspecified atom stereocenters. The zero-order valence-electron chi connectivity index (χ0n) is 6.53. The van der Waals surface area contributed by atoms with Crippen LogP contribution in [0.4, 0.5) is 0 Å². The molecule has 0 saturated heterocycles. The van der Waals surface area contributed by atoms with Gasteiger partial charge < -0.3 is 5.73 Å². The Bertz CT molecular complexity index is 216. The predicted molar refractivity (Wildman–Crippen MR) is 48.4 cm³/mol. The smallest absolute Gasteiger partial charge is 0.0138 e. The van der Waals surface area contributed by atoms with Crippen LogP contribution in [0.1, 0.15) is 11.5 Å². The Balaban J connectivity index is 2.82. The Kier molecular flexibility index (Phi) is 2.87. The average Bonchev–Trinajstić information content (AvgIpc) is 2.09. The van der Waals surface area contributed by atoms with E-state index in [1.54, 1.807) is 0 Å². The number of hydrogen-bond donors (Lipinski definition) is 1. The zero-order valence-corrected chi connectivity index (χ0v) is 6.53. The van der Waals surface area contributed by atoms with Gasteiger partial charge in [0, 0.05) is 12.5 Å².